The molecule has 0 radical (unpaired) electrons. The SMILES string of the molecule is C#CC(C)(C)NCc1ccc(Cl)c([N+](=O)[O-])c1. The number of nitrogens with one attached hydrogen (secondary N) is 1. The molecule has 0 heterocycles. The van der Waals surface area contributed by atoms with E-state index in [2.05, 4.69) is 11.2 Å². The van der Waals surface area contributed by atoms with Gasteiger partial charge in [-0.1, -0.05) is 23.6 Å². The van der Waals surface area contributed by atoms with Crippen molar-refractivity contribution >= 4 is 17.3 Å². The van der Waals surface area contributed by atoms with Gasteiger partial charge in [0.05, 0.1) is 10.5 Å². The third-order valence-corrected chi connectivity index (χ3v) is 2.62. The molecule has 5 heteroatoms. The number of nitro benzene ring substituents is 1. The zero-order chi connectivity index (χ0) is 13.1. The molecule has 0 saturated heterocycles. The fraction of sp³-hybridized carbons (Fsp3) is 0.333. The molecule has 1 aromatic carbocycles. The van der Waals surface area contributed by atoms with E-state index in [1.165, 1.54) is 12.1 Å². The van der Waals surface area contributed by atoms with Crippen LogP contribution in [0.25, 0.3) is 0 Å². The maximum Gasteiger partial charge on any atom is 0.288 e. The molecule has 0 saturated carbocycles. The number of benzene rings is 1. The van der Waals surface area contributed by atoms with Gasteiger partial charge in [0.25, 0.3) is 5.69 Å². The highest BCUT2D eigenvalue weighted by atomic mass is 35.5. The van der Waals surface area contributed by atoms with Crippen LogP contribution in [0.2, 0.25) is 5.02 Å². The molecule has 0 aliphatic carbocycles. The minimum absolute atomic E-state index is 0.0931. The van der Waals surface area contributed by atoms with E-state index in [0.29, 0.717) is 6.54 Å². The van der Waals surface area contributed by atoms with Crippen molar-refractivity contribution in [3.63, 3.8) is 0 Å². The first-order chi connectivity index (χ1) is 7.85. The first-order valence-electron chi connectivity index (χ1n) is 5.01. The minimum Gasteiger partial charge on any atom is -0.298 e. The molecule has 1 aromatic rings. The van der Waals surface area contributed by atoms with Crippen molar-refractivity contribution in [1.82, 2.24) is 5.32 Å². The van der Waals surface area contributed by atoms with E-state index in [1.807, 2.05) is 13.8 Å². The fourth-order valence-corrected chi connectivity index (χ4v) is 1.37. The Hall–Kier alpha value is -1.57. The molecule has 0 fully saturated rings. The normalized spacial score (nSPS) is 10.9. The Morgan fingerprint density at radius 3 is 2.76 bits per heavy atom. The number of nitrogens with zero attached hydrogens (tertiary/aromatic N) is 1. The molecule has 0 unspecified atom stereocenters. The average Bonchev–Trinajstić information content (AvgIpc) is 2.27. The van der Waals surface area contributed by atoms with E-state index in [-0.39, 0.29) is 10.7 Å². The highest BCUT2D eigenvalue weighted by Gasteiger charge is 2.15. The molecule has 1 N–H and O–H groups in total. The summed E-state index contributed by atoms with van der Waals surface area (Å²) in [6, 6.07) is 4.69. The van der Waals surface area contributed by atoms with Gasteiger partial charge in [-0.2, -0.15) is 0 Å². The molecule has 0 aliphatic rings. The van der Waals surface area contributed by atoms with Crippen LogP contribution in [-0.2, 0) is 6.54 Å². The molecule has 0 atom stereocenters. The van der Waals surface area contributed by atoms with Gasteiger partial charge >= 0.3 is 0 Å². The van der Waals surface area contributed by atoms with Crippen LogP contribution in [-0.4, -0.2) is 10.5 Å². The summed E-state index contributed by atoms with van der Waals surface area (Å²) in [5.41, 5.74) is 0.225. The van der Waals surface area contributed by atoms with Crippen molar-refractivity contribution in [2.24, 2.45) is 0 Å². The van der Waals surface area contributed by atoms with E-state index in [0.717, 1.165) is 5.56 Å². The first kappa shape index (κ1) is 13.5. The molecule has 0 amide bonds. The summed E-state index contributed by atoms with van der Waals surface area (Å²) < 4.78 is 0. The van der Waals surface area contributed by atoms with Crippen LogP contribution in [0.1, 0.15) is 19.4 Å². The molecular weight excluding hydrogens is 240 g/mol. The second kappa shape index (κ2) is 5.17. The summed E-state index contributed by atoms with van der Waals surface area (Å²) in [7, 11) is 0. The number of hydrogen-bond donors (Lipinski definition) is 1. The molecular formula is C12H13ClN2O2. The van der Waals surface area contributed by atoms with Gasteiger partial charge in [-0.25, -0.2) is 0 Å². The Bertz CT molecular complexity index is 478. The monoisotopic (exact) mass is 252 g/mol. The van der Waals surface area contributed by atoms with Crippen molar-refractivity contribution < 1.29 is 4.92 Å². The van der Waals surface area contributed by atoms with Crippen LogP contribution in [0.5, 0.6) is 0 Å². The van der Waals surface area contributed by atoms with Crippen LogP contribution >= 0.6 is 11.6 Å². The zero-order valence-electron chi connectivity index (χ0n) is 9.66. The number of nitro groups is 1. The molecule has 90 valence electrons. The quantitative estimate of drug-likeness (QED) is 0.509. The summed E-state index contributed by atoms with van der Waals surface area (Å²) in [5, 5.41) is 13.9. The van der Waals surface area contributed by atoms with Crippen molar-refractivity contribution in [2.75, 3.05) is 0 Å². The number of rotatable bonds is 4. The van der Waals surface area contributed by atoms with Crippen molar-refractivity contribution in [2.45, 2.75) is 25.9 Å². The largest absolute Gasteiger partial charge is 0.298 e. The van der Waals surface area contributed by atoms with Crippen LogP contribution in [0, 0.1) is 22.5 Å². The molecule has 4 nitrogen and oxygen atoms in total. The third-order valence-electron chi connectivity index (χ3n) is 2.30. The lowest BCUT2D eigenvalue weighted by atomic mass is 10.1. The number of halogens is 1. The molecule has 0 aromatic heterocycles. The Balaban J connectivity index is 2.84. The summed E-state index contributed by atoms with van der Waals surface area (Å²) in [6.07, 6.45) is 5.33. The lowest BCUT2D eigenvalue weighted by Gasteiger charge is -2.19. The molecule has 0 bridgehead atoms. The van der Waals surface area contributed by atoms with Gasteiger partial charge in [-0.05, 0) is 25.5 Å². The second-order valence-corrected chi connectivity index (χ2v) is 4.57. The Morgan fingerprint density at radius 1 is 1.59 bits per heavy atom. The molecule has 17 heavy (non-hydrogen) atoms. The van der Waals surface area contributed by atoms with Crippen LogP contribution in [0.4, 0.5) is 5.69 Å². The number of hydrogen-bond acceptors (Lipinski definition) is 3. The van der Waals surface area contributed by atoms with E-state index in [4.69, 9.17) is 18.0 Å². The van der Waals surface area contributed by atoms with E-state index in [9.17, 15) is 10.1 Å². The predicted molar refractivity (Wildman–Crippen MR) is 67.9 cm³/mol. The molecule has 0 spiro atoms. The summed E-state index contributed by atoms with van der Waals surface area (Å²) in [6.45, 7) is 4.17. The predicted octanol–water partition coefficient (Wildman–Crippen LogP) is 2.75. The van der Waals surface area contributed by atoms with E-state index >= 15 is 0 Å². The molecule has 0 aliphatic heterocycles. The minimum atomic E-state index is -0.502. The second-order valence-electron chi connectivity index (χ2n) is 4.17. The fourth-order valence-electron chi connectivity index (χ4n) is 1.18. The Kier molecular flexibility index (Phi) is 4.11. The van der Waals surface area contributed by atoms with E-state index in [1.54, 1.807) is 6.07 Å². The summed E-state index contributed by atoms with van der Waals surface area (Å²) in [5.74, 6) is 2.59. The highest BCUT2D eigenvalue weighted by molar-refractivity contribution is 6.32. The topological polar surface area (TPSA) is 55.2 Å². The Labute approximate surface area is 105 Å². The summed E-state index contributed by atoms with van der Waals surface area (Å²) in [4.78, 5) is 10.2. The van der Waals surface area contributed by atoms with Crippen LogP contribution in [0.3, 0.4) is 0 Å². The molecule has 1 rings (SSSR count). The standard InChI is InChI=1S/C12H13ClN2O2/c1-4-12(2,3)14-8-9-5-6-10(13)11(7-9)15(16)17/h1,5-7,14H,8H2,2-3H3. The van der Waals surface area contributed by atoms with Gasteiger partial charge in [0.15, 0.2) is 0 Å². The van der Waals surface area contributed by atoms with Crippen molar-refractivity contribution in [3.05, 3.63) is 38.9 Å². The van der Waals surface area contributed by atoms with Crippen LogP contribution in [0.15, 0.2) is 18.2 Å². The third kappa shape index (κ3) is 3.74. The van der Waals surface area contributed by atoms with Gasteiger partial charge in [0.2, 0.25) is 0 Å². The zero-order valence-corrected chi connectivity index (χ0v) is 10.4. The lowest BCUT2D eigenvalue weighted by molar-refractivity contribution is -0.384. The highest BCUT2D eigenvalue weighted by Crippen LogP contribution is 2.25. The van der Waals surface area contributed by atoms with Gasteiger partial charge in [0.1, 0.15) is 5.02 Å². The van der Waals surface area contributed by atoms with Crippen molar-refractivity contribution in [3.8, 4) is 12.3 Å². The van der Waals surface area contributed by atoms with Gasteiger partial charge < -0.3 is 0 Å². The first-order valence-corrected chi connectivity index (χ1v) is 5.39. The van der Waals surface area contributed by atoms with Crippen molar-refractivity contribution in [1.29, 1.82) is 0 Å². The maximum absolute atomic E-state index is 10.7. The maximum atomic E-state index is 10.7. The summed E-state index contributed by atoms with van der Waals surface area (Å²) >= 11 is 5.71. The van der Waals surface area contributed by atoms with E-state index < -0.39 is 10.5 Å². The lowest BCUT2D eigenvalue weighted by Crippen LogP contribution is -2.36. The van der Waals surface area contributed by atoms with Crippen LogP contribution < -0.4 is 5.32 Å². The van der Waals surface area contributed by atoms with Gasteiger partial charge in [0, 0.05) is 12.6 Å². The smallest absolute Gasteiger partial charge is 0.288 e. The number of terminal acetylenes is 1. The van der Waals surface area contributed by atoms with Gasteiger partial charge in [-0.3, -0.25) is 15.4 Å². The Morgan fingerprint density at radius 2 is 2.24 bits per heavy atom. The van der Waals surface area contributed by atoms with Gasteiger partial charge in [-0.15, -0.1) is 6.42 Å². The average molecular weight is 253 g/mol.